The van der Waals surface area contributed by atoms with Crippen LogP contribution >= 0.6 is 11.6 Å². The minimum absolute atomic E-state index is 0.321. The SMILES string of the molecule is O=C(NOC1CCCCO1)c1cc(-c2ccc(Cl)cc2)nc2ccccc12. The monoisotopic (exact) mass is 382 g/mol. The molecule has 1 fully saturated rings. The number of benzene rings is 2. The highest BCUT2D eigenvalue weighted by molar-refractivity contribution is 6.30. The molecule has 27 heavy (non-hydrogen) atoms. The van der Waals surface area contributed by atoms with Gasteiger partial charge in [0.25, 0.3) is 5.91 Å². The van der Waals surface area contributed by atoms with Gasteiger partial charge in [0.2, 0.25) is 0 Å². The van der Waals surface area contributed by atoms with Crippen molar-refractivity contribution in [1.82, 2.24) is 10.5 Å². The molecule has 1 amide bonds. The molecular weight excluding hydrogens is 364 g/mol. The van der Waals surface area contributed by atoms with Crippen molar-refractivity contribution in [3.8, 4) is 11.3 Å². The normalized spacial score (nSPS) is 17.0. The number of hydrogen-bond acceptors (Lipinski definition) is 4. The van der Waals surface area contributed by atoms with Crippen LogP contribution in [0.4, 0.5) is 0 Å². The fraction of sp³-hybridized carbons (Fsp3) is 0.238. The van der Waals surface area contributed by atoms with E-state index in [0.29, 0.717) is 22.9 Å². The van der Waals surface area contributed by atoms with E-state index in [2.05, 4.69) is 10.5 Å². The third kappa shape index (κ3) is 4.11. The number of pyridine rings is 1. The number of hydroxylamine groups is 1. The summed E-state index contributed by atoms with van der Waals surface area (Å²) in [6.45, 7) is 0.652. The maximum atomic E-state index is 12.8. The Bertz CT molecular complexity index is 953. The largest absolute Gasteiger partial charge is 0.350 e. The van der Waals surface area contributed by atoms with Gasteiger partial charge in [0, 0.05) is 29.0 Å². The highest BCUT2D eigenvalue weighted by Gasteiger charge is 2.18. The van der Waals surface area contributed by atoms with Crippen LogP contribution in [0.25, 0.3) is 22.2 Å². The number of nitrogens with zero attached hydrogens (tertiary/aromatic N) is 1. The van der Waals surface area contributed by atoms with Crippen molar-refractivity contribution >= 4 is 28.4 Å². The second-order valence-corrected chi connectivity index (χ2v) is 6.86. The van der Waals surface area contributed by atoms with Crippen molar-refractivity contribution < 1.29 is 14.4 Å². The van der Waals surface area contributed by atoms with E-state index < -0.39 is 6.29 Å². The van der Waals surface area contributed by atoms with E-state index in [0.717, 1.165) is 35.7 Å². The summed E-state index contributed by atoms with van der Waals surface area (Å²) in [5.41, 5.74) is 5.36. The van der Waals surface area contributed by atoms with Crippen molar-refractivity contribution in [1.29, 1.82) is 0 Å². The fourth-order valence-corrected chi connectivity index (χ4v) is 3.24. The average Bonchev–Trinajstić information content (AvgIpc) is 2.72. The summed E-state index contributed by atoms with van der Waals surface area (Å²) in [5, 5.41) is 1.42. The Hall–Kier alpha value is -2.47. The molecule has 2 aromatic carbocycles. The van der Waals surface area contributed by atoms with Crippen LogP contribution in [-0.2, 0) is 9.57 Å². The number of halogens is 1. The molecule has 1 saturated heterocycles. The first-order valence-electron chi connectivity index (χ1n) is 8.94. The number of carbonyl (C=O) groups excluding carboxylic acids is 1. The fourth-order valence-electron chi connectivity index (χ4n) is 3.11. The lowest BCUT2D eigenvalue weighted by molar-refractivity contribution is -0.186. The van der Waals surface area contributed by atoms with Gasteiger partial charge in [0.1, 0.15) is 0 Å². The number of amides is 1. The van der Waals surface area contributed by atoms with Gasteiger partial charge in [-0.25, -0.2) is 15.3 Å². The molecule has 138 valence electrons. The first kappa shape index (κ1) is 17.9. The molecule has 0 radical (unpaired) electrons. The van der Waals surface area contributed by atoms with Gasteiger partial charge in [-0.3, -0.25) is 4.79 Å². The number of para-hydroxylation sites is 1. The van der Waals surface area contributed by atoms with Crippen LogP contribution in [0, 0.1) is 0 Å². The smallest absolute Gasteiger partial charge is 0.275 e. The van der Waals surface area contributed by atoms with Crippen LogP contribution in [-0.4, -0.2) is 23.8 Å². The van der Waals surface area contributed by atoms with Crippen molar-refractivity contribution in [2.45, 2.75) is 25.6 Å². The Balaban J connectivity index is 1.65. The first-order valence-corrected chi connectivity index (χ1v) is 9.32. The lowest BCUT2D eigenvalue weighted by atomic mass is 10.0. The molecule has 1 aliphatic heterocycles. The summed E-state index contributed by atoms with van der Waals surface area (Å²) in [6, 6.07) is 16.7. The molecule has 4 rings (SSSR count). The van der Waals surface area contributed by atoms with Crippen LogP contribution in [0.5, 0.6) is 0 Å². The van der Waals surface area contributed by atoms with E-state index in [1.165, 1.54) is 0 Å². The highest BCUT2D eigenvalue weighted by Crippen LogP contribution is 2.26. The number of ether oxygens (including phenoxy) is 1. The van der Waals surface area contributed by atoms with E-state index in [-0.39, 0.29) is 5.91 Å². The summed E-state index contributed by atoms with van der Waals surface area (Å²) in [7, 11) is 0. The van der Waals surface area contributed by atoms with Crippen LogP contribution in [0.2, 0.25) is 5.02 Å². The predicted octanol–water partition coefficient (Wildman–Crippen LogP) is 4.74. The minimum Gasteiger partial charge on any atom is -0.350 e. The summed E-state index contributed by atoms with van der Waals surface area (Å²) < 4.78 is 5.49. The van der Waals surface area contributed by atoms with Crippen LogP contribution in [0.3, 0.4) is 0 Å². The Kier molecular flexibility index (Phi) is 5.34. The van der Waals surface area contributed by atoms with Gasteiger partial charge in [0.05, 0.1) is 16.8 Å². The zero-order chi connectivity index (χ0) is 18.6. The molecule has 0 saturated carbocycles. The van der Waals surface area contributed by atoms with Crippen molar-refractivity contribution in [3.63, 3.8) is 0 Å². The lowest BCUT2D eigenvalue weighted by Gasteiger charge is -2.22. The predicted molar refractivity (Wildman–Crippen MR) is 104 cm³/mol. The molecule has 1 unspecified atom stereocenters. The molecule has 5 nitrogen and oxygen atoms in total. The molecule has 0 spiro atoms. The number of rotatable bonds is 4. The Morgan fingerprint density at radius 3 is 2.74 bits per heavy atom. The van der Waals surface area contributed by atoms with Crippen molar-refractivity contribution in [3.05, 3.63) is 65.2 Å². The van der Waals surface area contributed by atoms with E-state index >= 15 is 0 Å². The molecule has 1 aliphatic rings. The van der Waals surface area contributed by atoms with Crippen LogP contribution in [0.15, 0.2) is 54.6 Å². The van der Waals surface area contributed by atoms with Gasteiger partial charge in [0.15, 0.2) is 6.29 Å². The molecule has 6 heteroatoms. The Morgan fingerprint density at radius 1 is 1.15 bits per heavy atom. The Labute approximate surface area is 162 Å². The van der Waals surface area contributed by atoms with E-state index in [1.807, 2.05) is 36.4 Å². The lowest BCUT2D eigenvalue weighted by Crippen LogP contribution is -2.33. The molecule has 1 N–H and O–H groups in total. The van der Waals surface area contributed by atoms with Gasteiger partial charge < -0.3 is 4.74 Å². The molecule has 1 aromatic heterocycles. The standard InChI is InChI=1S/C21H19ClN2O3/c22-15-10-8-14(9-11-15)19-13-17(16-5-1-2-6-18(16)23-19)21(25)24-27-20-7-3-4-12-26-20/h1-2,5-6,8-11,13,20H,3-4,7,12H2,(H,24,25). The quantitative estimate of drug-likeness (QED) is 0.662. The van der Waals surface area contributed by atoms with E-state index in [9.17, 15) is 4.79 Å². The summed E-state index contributed by atoms with van der Waals surface area (Å²) in [5.74, 6) is -0.321. The molecule has 2 heterocycles. The Morgan fingerprint density at radius 2 is 1.96 bits per heavy atom. The molecular formula is C21H19ClN2O3. The number of aromatic nitrogens is 1. The third-order valence-corrected chi connectivity index (χ3v) is 4.77. The first-order chi connectivity index (χ1) is 13.2. The summed E-state index contributed by atoms with van der Waals surface area (Å²) in [4.78, 5) is 22.9. The second kappa shape index (κ2) is 8.05. The maximum absolute atomic E-state index is 12.8. The number of fused-ring (bicyclic) bond motifs is 1. The number of hydrogen-bond donors (Lipinski definition) is 1. The van der Waals surface area contributed by atoms with E-state index in [4.69, 9.17) is 21.2 Å². The van der Waals surface area contributed by atoms with Gasteiger partial charge in [-0.2, -0.15) is 0 Å². The number of nitrogens with one attached hydrogen (secondary N) is 1. The number of carbonyl (C=O) groups is 1. The van der Waals surface area contributed by atoms with E-state index in [1.54, 1.807) is 18.2 Å². The third-order valence-electron chi connectivity index (χ3n) is 4.52. The molecule has 1 atom stereocenters. The molecule has 3 aromatic rings. The van der Waals surface area contributed by atoms with Crippen molar-refractivity contribution in [2.24, 2.45) is 0 Å². The van der Waals surface area contributed by atoms with Gasteiger partial charge in [-0.1, -0.05) is 41.9 Å². The average molecular weight is 383 g/mol. The van der Waals surface area contributed by atoms with Crippen molar-refractivity contribution in [2.75, 3.05) is 6.61 Å². The zero-order valence-electron chi connectivity index (χ0n) is 14.7. The molecule has 0 aliphatic carbocycles. The van der Waals surface area contributed by atoms with Gasteiger partial charge in [-0.05, 0) is 37.1 Å². The topological polar surface area (TPSA) is 60.5 Å². The van der Waals surface area contributed by atoms with Gasteiger partial charge in [-0.15, -0.1) is 0 Å². The maximum Gasteiger partial charge on any atom is 0.275 e. The minimum atomic E-state index is -0.397. The second-order valence-electron chi connectivity index (χ2n) is 6.42. The van der Waals surface area contributed by atoms with Gasteiger partial charge >= 0.3 is 0 Å². The highest BCUT2D eigenvalue weighted by atomic mass is 35.5. The van der Waals surface area contributed by atoms with Crippen LogP contribution < -0.4 is 5.48 Å². The summed E-state index contributed by atoms with van der Waals surface area (Å²) >= 11 is 5.98. The zero-order valence-corrected chi connectivity index (χ0v) is 15.4. The molecule has 0 bridgehead atoms. The summed E-state index contributed by atoms with van der Waals surface area (Å²) in [6.07, 6.45) is 2.42. The van der Waals surface area contributed by atoms with Crippen LogP contribution in [0.1, 0.15) is 29.6 Å².